The van der Waals surface area contributed by atoms with E-state index in [2.05, 4.69) is 4.74 Å². The first-order valence-corrected chi connectivity index (χ1v) is 5.16. The average Bonchev–Trinajstić information content (AvgIpc) is 2.53. The van der Waals surface area contributed by atoms with Crippen LogP contribution in [0.4, 0.5) is 4.79 Å². The van der Waals surface area contributed by atoms with Crippen LogP contribution < -0.4 is 0 Å². The molecule has 1 saturated heterocycles. The molecule has 2 rings (SSSR count). The highest BCUT2D eigenvalue weighted by Crippen LogP contribution is 2.17. The molecule has 0 N–H and O–H groups in total. The predicted molar refractivity (Wildman–Crippen MR) is 58.3 cm³/mol. The summed E-state index contributed by atoms with van der Waals surface area (Å²) in [5, 5.41) is 0. The van der Waals surface area contributed by atoms with Crippen LogP contribution in [-0.4, -0.2) is 28.9 Å². The van der Waals surface area contributed by atoms with E-state index in [-0.39, 0.29) is 0 Å². The van der Waals surface area contributed by atoms with Crippen LogP contribution in [0.1, 0.15) is 22.8 Å². The molecule has 1 aromatic carbocycles. The fraction of sp³-hybridized carbons (Fsp3) is 0.250. The quantitative estimate of drug-likeness (QED) is 0.544. The van der Waals surface area contributed by atoms with Gasteiger partial charge in [0.1, 0.15) is 6.04 Å². The van der Waals surface area contributed by atoms with E-state index >= 15 is 0 Å². The van der Waals surface area contributed by atoms with Gasteiger partial charge in [-0.3, -0.25) is 4.79 Å². The molecule has 0 bridgehead atoms. The maximum absolute atomic E-state index is 12.0. The molecule has 1 fully saturated rings. The number of carbonyl (C=O) groups excluding carboxylic acids is 3. The third-order valence-corrected chi connectivity index (χ3v) is 2.63. The monoisotopic (exact) mass is 233 g/mol. The van der Waals surface area contributed by atoms with E-state index in [1.54, 1.807) is 24.3 Å². The zero-order valence-corrected chi connectivity index (χ0v) is 9.47. The first-order chi connectivity index (χ1) is 8.00. The molecule has 0 aliphatic carbocycles. The van der Waals surface area contributed by atoms with Crippen molar-refractivity contribution in [1.29, 1.82) is 0 Å². The molecule has 2 amide bonds. The highest BCUT2D eigenvalue weighted by molar-refractivity contribution is 6.10. The summed E-state index contributed by atoms with van der Waals surface area (Å²) >= 11 is 0. The zero-order chi connectivity index (χ0) is 12.6. The molecule has 0 saturated carbocycles. The Hall–Kier alpha value is -2.17. The van der Waals surface area contributed by atoms with E-state index in [9.17, 15) is 14.4 Å². The Bertz CT molecular complexity index is 492. The van der Waals surface area contributed by atoms with Crippen molar-refractivity contribution in [1.82, 2.24) is 4.90 Å². The lowest BCUT2D eigenvalue weighted by Crippen LogP contribution is -2.38. The molecule has 88 valence electrons. The lowest BCUT2D eigenvalue weighted by atomic mass is 10.1. The Morgan fingerprint density at radius 1 is 1.24 bits per heavy atom. The Labute approximate surface area is 98.0 Å². The molecule has 0 radical (unpaired) electrons. The van der Waals surface area contributed by atoms with E-state index < -0.39 is 24.0 Å². The molecule has 5 nitrogen and oxygen atoms in total. The molecule has 1 unspecified atom stereocenters. The van der Waals surface area contributed by atoms with Crippen molar-refractivity contribution in [3.8, 4) is 0 Å². The first-order valence-electron chi connectivity index (χ1n) is 5.16. The van der Waals surface area contributed by atoms with Crippen LogP contribution in [0, 0.1) is 6.92 Å². The third-order valence-electron chi connectivity index (χ3n) is 2.63. The van der Waals surface area contributed by atoms with Gasteiger partial charge in [0, 0.05) is 5.56 Å². The van der Waals surface area contributed by atoms with Gasteiger partial charge in [0.2, 0.25) is 0 Å². The van der Waals surface area contributed by atoms with Crippen LogP contribution in [-0.2, 0) is 9.53 Å². The molecular weight excluding hydrogens is 222 g/mol. The summed E-state index contributed by atoms with van der Waals surface area (Å²) in [6.45, 7) is 3.35. The van der Waals surface area contributed by atoms with Crippen molar-refractivity contribution in [3.05, 3.63) is 35.4 Å². The highest BCUT2D eigenvalue weighted by atomic mass is 16.6. The van der Waals surface area contributed by atoms with E-state index in [4.69, 9.17) is 0 Å². The lowest BCUT2D eigenvalue weighted by Gasteiger charge is -2.14. The number of hydrogen-bond acceptors (Lipinski definition) is 4. The number of aryl methyl sites for hydroxylation is 1. The van der Waals surface area contributed by atoms with Crippen LogP contribution in [0.25, 0.3) is 0 Å². The van der Waals surface area contributed by atoms with Gasteiger partial charge in [-0.2, -0.15) is 0 Å². The molecule has 0 spiro atoms. The van der Waals surface area contributed by atoms with Gasteiger partial charge in [0.25, 0.3) is 5.91 Å². The van der Waals surface area contributed by atoms with Gasteiger partial charge in [-0.1, -0.05) is 17.7 Å². The molecule has 1 aliphatic heterocycles. The summed E-state index contributed by atoms with van der Waals surface area (Å²) in [5.74, 6) is -1.22. The Balaban J connectivity index is 2.29. The van der Waals surface area contributed by atoms with Crippen molar-refractivity contribution < 1.29 is 19.1 Å². The van der Waals surface area contributed by atoms with Gasteiger partial charge in [0.05, 0.1) is 0 Å². The summed E-state index contributed by atoms with van der Waals surface area (Å²) < 4.78 is 4.38. The van der Waals surface area contributed by atoms with Gasteiger partial charge in [-0.05, 0) is 26.0 Å². The summed E-state index contributed by atoms with van der Waals surface area (Å²) in [5.41, 5.74) is 1.36. The van der Waals surface area contributed by atoms with Crippen LogP contribution >= 0.6 is 0 Å². The minimum Gasteiger partial charge on any atom is -0.374 e. The van der Waals surface area contributed by atoms with Crippen molar-refractivity contribution in [2.75, 3.05) is 0 Å². The molecule has 1 heterocycles. The van der Waals surface area contributed by atoms with Gasteiger partial charge in [-0.15, -0.1) is 0 Å². The second kappa shape index (κ2) is 4.01. The largest absolute Gasteiger partial charge is 0.425 e. The van der Waals surface area contributed by atoms with Crippen LogP contribution in [0.3, 0.4) is 0 Å². The number of carbonyl (C=O) groups is 3. The number of nitrogens with zero attached hydrogens (tertiary/aromatic N) is 1. The topological polar surface area (TPSA) is 63.7 Å². The van der Waals surface area contributed by atoms with Crippen molar-refractivity contribution in [2.45, 2.75) is 19.9 Å². The zero-order valence-electron chi connectivity index (χ0n) is 9.47. The molecule has 0 aromatic heterocycles. The number of cyclic esters (lactones) is 2. The molecule has 1 aromatic rings. The summed E-state index contributed by atoms with van der Waals surface area (Å²) in [4.78, 5) is 35.3. The van der Waals surface area contributed by atoms with Crippen LogP contribution in [0.2, 0.25) is 0 Å². The predicted octanol–water partition coefficient (Wildman–Crippen LogP) is 1.50. The normalized spacial score (nSPS) is 19.4. The van der Waals surface area contributed by atoms with Gasteiger partial charge >= 0.3 is 12.1 Å². The molecule has 1 aliphatic rings. The smallest absolute Gasteiger partial charge is 0.374 e. The highest BCUT2D eigenvalue weighted by Gasteiger charge is 2.42. The Morgan fingerprint density at radius 3 is 2.29 bits per heavy atom. The number of imide groups is 1. The lowest BCUT2D eigenvalue weighted by molar-refractivity contribution is -0.135. The van der Waals surface area contributed by atoms with E-state index in [0.717, 1.165) is 10.5 Å². The minimum atomic E-state index is -0.909. The van der Waals surface area contributed by atoms with Gasteiger partial charge in [0.15, 0.2) is 0 Å². The van der Waals surface area contributed by atoms with Gasteiger partial charge in [-0.25, -0.2) is 14.5 Å². The van der Waals surface area contributed by atoms with E-state index in [1.807, 2.05) is 6.92 Å². The third kappa shape index (κ3) is 1.91. The summed E-state index contributed by atoms with van der Waals surface area (Å²) in [6, 6.07) is 5.89. The fourth-order valence-corrected chi connectivity index (χ4v) is 1.58. The molecule has 1 atom stereocenters. The van der Waals surface area contributed by atoms with Crippen molar-refractivity contribution in [3.63, 3.8) is 0 Å². The summed E-state index contributed by atoms with van der Waals surface area (Å²) in [6.07, 6.45) is -0.909. The second-order valence-electron chi connectivity index (χ2n) is 3.90. The van der Waals surface area contributed by atoms with Crippen molar-refractivity contribution >= 4 is 18.0 Å². The van der Waals surface area contributed by atoms with Crippen LogP contribution in [0.5, 0.6) is 0 Å². The first kappa shape index (κ1) is 11.3. The van der Waals surface area contributed by atoms with Crippen LogP contribution in [0.15, 0.2) is 24.3 Å². The van der Waals surface area contributed by atoms with E-state index in [1.165, 1.54) is 6.92 Å². The number of hydrogen-bond donors (Lipinski definition) is 0. The number of benzene rings is 1. The Morgan fingerprint density at radius 2 is 1.82 bits per heavy atom. The minimum absolute atomic E-state index is 0.356. The number of rotatable bonds is 1. The Kier molecular flexibility index (Phi) is 2.67. The second-order valence-corrected chi connectivity index (χ2v) is 3.90. The van der Waals surface area contributed by atoms with Gasteiger partial charge < -0.3 is 4.74 Å². The van der Waals surface area contributed by atoms with E-state index in [0.29, 0.717) is 5.56 Å². The van der Waals surface area contributed by atoms with Crippen molar-refractivity contribution in [2.24, 2.45) is 0 Å². The maximum atomic E-state index is 12.0. The maximum Gasteiger partial charge on any atom is 0.425 e. The molecular formula is C12H11NO4. The number of ether oxygens (including phenoxy) is 1. The molecule has 5 heteroatoms. The molecule has 17 heavy (non-hydrogen) atoms. The fourth-order valence-electron chi connectivity index (χ4n) is 1.58. The standard InChI is InChI=1S/C12H11NO4/c1-7-3-5-9(6-4-7)10(14)13-8(2)11(15)17-12(13)16/h3-6,8H,1-2H3. The summed E-state index contributed by atoms with van der Waals surface area (Å²) in [7, 11) is 0. The average molecular weight is 233 g/mol. The number of esters is 1. The number of amides is 2. The SMILES string of the molecule is Cc1ccc(C(=O)N2C(=O)OC(=O)C2C)cc1.